The zero-order valence-corrected chi connectivity index (χ0v) is 30.2. The van der Waals surface area contributed by atoms with Crippen molar-refractivity contribution in [1.29, 1.82) is 0 Å². The van der Waals surface area contributed by atoms with E-state index < -0.39 is 16.1 Å². The van der Waals surface area contributed by atoms with Gasteiger partial charge < -0.3 is 14.5 Å². The summed E-state index contributed by atoms with van der Waals surface area (Å²) in [5.74, 6) is 1.34. The molecule has 3 aliphatic rings. The van der Waals surface area contributed by atoms with Crippen molar-refractivity contribution < 1.29 is 17.9 Å². The van der Waals surface area contributed by atoms with E-state index in [1.165, 1.54) is 18.6 Å². The maximum Gasteiger partial charge on any atom is 0.264 e. The summed E-state index contributed by atoms with van der Waals surface area (Å²) in [6, 6.07) is 13.9. The summed E-state index contributed by atoms with van der Waals surface area (Å²) in [4.78, 5) is 37.4. The fraction of sp³-hybridized carbons (Fsp3) is 0.447. The van der Waals surface area contributed by atoms with E-state index in [1.54, 1.807) is 29.3 Å². The van der Waals surface area contributed by atoms with Crippen LogP contribution in [-0.2, 0) is 16.6 Å². The SMILES string of the molecule is Cc1cccc(C)c1-c1cc2nc(n1)NS(=O)(=O)c1cccc(c1)C(=O)N(Cc1cncc(N3CC[C@H]4CC[C@H]43)n1)[C@H](CCC(C)(C)C)CO2. The van der Waals surface area contributed by atoms with E-state index in [1.807, 2.05) is 38.2 Å². The van der Waals surface area contributed by atoms with Crippen molar-refractivity contribution >= 4 is 27.7 Å². The van der Waals surface area contributed by atoms with Gasteiger partial charge in [0.25, 0.3) is 15.9 Å². The van der Waals surface area contributed by atoms with Gasteiger partial charge in [0, 0.05) is 29.8 Å². The lowest BCUT2D eigenvalue weighted by atomic mass is 9.80. The van der Waals surface area contributed by atoms with Gasteiger partial charge in [0.2, 0.25) is 11.8 Å². The average molecular weight is 696 g/mol. The molecule has 4 aromatic rings. The van der Waals surface area contributed by atoms with Crippen LogP contribution in [-0.4, -0.2) is 64.4 Å². The Labute approximate surface area is 294 Å². The molecule has 2 aromatic carbocycles. The Morgan fingerprint density at radius 1 is 0.960 bits per heavy atom. The number of rotatable bonds is 6. The van der Waals surface area contributed by atoms with E-state index in [0.717, 1.165) is 54.2 Å². The Bertz CT molecular complexity index is 2010. The van der Waals surface area contributed by atoms with Crippen LogP contribution in [0.4, 0.5) is 11.8 Å². The monoisotopic (exact) mass is 695 g/mol. The van der Waals surface area contributed by atoms with Crippen molar-refractivity contribution in [3.05, 3.63) is 83.3 Å². The van der Waals surface area contributed by atoms with E-state index in [2.05, 4.69) is 45.3 Å². The molecular weight excluding hydrogens is 651 g/mol. The minimum atomic E-state index is -4.17. The van der Waals surface area contributed by atoms with Crippen LogP contribution in [0, 0.1) is 25.2 Å². The number of carbonyl (C=O) groups excluding carboxylic acids is 1. The van der Waals surface area contributed by atoms with E-state index in [0.29, 0.717) is 23.9 Å². The highest BCUT2D eigenvalue weighted by Gasteiger charge is 2.41. The molecule has 50 heavy (non-hydrogen) atoms. The van der Waals surface area contributed by atoms with Crippen LogP contribution in [0.15, 0.2) is 65.8 Å². The third-order valence-electron chi connectivity index (χ3n) is 10.2. The van der Waals surface area contributed by atoms with Gasteiger partial charge in [0.05, 0.1) is 41.3 Å². The lowest BCUT2D eigenvalue weighted by Gasteiger charge is -2.37. The first-order valence-corrected chi connectivity index (χ1v) is 18.9. The molecule has 1 aliphatic carbocycles. The van der Waals surface area contributed by atoms with Gasteiger partial charge in [-0.25, -0.2) is 23.1 Å². The number of aryl methyl sites for hydroxylation is 2. The standard InChI is InChI=1S/C38H45N7O4S/c1-24-8-6-9-25(2)35(24)31-19-34-42-37(41-31)43-50(47,48)30-11-7-10-27(18-30)36(46)45(29(23-49-34)14-16-38(3,4)5)22-28-20-39-21-33(40-28)44-17-15-26-12-13-32(26)44/h6-11,18-21,26,29,32H,12-17,22-23H2,1-5H3,(H,41,42,43)/t26-,29-,32-/m1/s1. The number of aromatic nitrogens is 4. The number of fused-ring (bicyclic) bond motifs is 5. The summed E-state index contributed by atoms with van der Waals surface area (Å²) in [6.45, 7) is 11.8. The largest absolute Gasteiger partial charge is 0.475 e. The van der Waals surface area contributed by atoms with Crippen LogP contribution in [0.2, 0.25) is 0 Å². The van der Waals surface area contributed by atoms with E-state index >= 15 is 0 Å². The maximum absolute atomic E-state index is 14.6. The Morgan fingerprint density at radius 2 is 1.74 bits per heavy atom. The molecule has 0 spiro atoms. The van der Waals surface area contributed by atoms with Crippen molar-refractivity contribution in [3.8, 4) is 17.1 Å². The van der Waals surface area contributed by atoms with Crippen LogP contribution in [0.1, 0.15) is 80.1 Å². The minimum absolute atomic E-state index is 0.0137. The van der Waals surface area contributed by atoms with E-state index in [9.17, 15) is 13.2 Å². The summed E-state index contributed by atoms with van der Waals surface area (Å²) in [5.41, 5.74) is 4.28. The van der Waals surface area contributed by atoms with Crippen molar-refractivity contribution in [2.45, 2.75) is 90.2 Å². The van der Waals surface area contributed by atoms with Gasteiger partial charge in [0.15, 0.2) is 0 Å². The molecule has 2 fully saturated rings. The Hall–Kier alpha value is -4.58. The molecule has 262 valence electrons. The number of ether oxygens (including phenoxy) is 1. The first kappa shape index (κ1) is 33.9. The second kappa shape index (κ2) is 13.3. The molecule has 7 rings (SSSR count). The lowest BCUT2D eigenvalue weighted by Crippen LogP contribution is -2.44. The molecule has 1 N–H and O–H groups in total. The highest BCUT2D eigenvalue weighted by molar-refractivity contribution is 7.92. The fourth-order valence-corrected chi connectivity index (χ4v) is 8.34. The number of carbonyl (C=O) groups is 1. The number of benzene rings is 2. The molecule has 0 unspecified atom stereocenters. The summed E-state index contributed by atoms with van der Waals surface area (Å²) in [6.07, 6.45) is 8.56. The number of hydrogen-bond acceptors (Lipinski definition) is 9. The molecule has 1 saturated carbocycles. The second-order valence-corrected chi connectivity index (χ2v) is 16.8. The van der Waals surface area contributed by atoms with Crippen LogP contribution in [0.25, 0.3) is 11.3 Å². The number of sulfonamides is 1. The Kier molecular flexibility index (Phi) is 9.00. The van der Waals surface area contributed by atoms with Gasteiger partial charge in [-0.1, -0.05) is 45.0 Å². The fourth-order valence-electron chi connectivity index (χ4n) is 7.35. The molecule has 0 radical (unpaired) electrons. The minimum Gasteiger partial charge on any atom is -0.475 e. The van der Waals surface area contributed by atoms with Gasteiger partial charge in [-0.3, -0.25) is 9.78 Å². The normalized spacial score (nSPS) is 21.5. The van der Waals surface area contributed by atoms with Gasteiger partial charge in [0.1, 0.15) is 12.4 Å². The third-order valence-corrected chi connectivity index (χ3v) is 11.6. The number of nitrogens with one attached hydrogen (secondary N) is 1. The number of amides is 1. The van der Waals surface area contributed by atoms with Crippen LogP contribution in [0.5, 0.6) is 5.88 Å². The highest BCUT2D eigenvalue weighted by Crippen LogP contribution is 2.42. The van der Waals surface area contributed by atoms with Crippen LogP contribution in [0.3, 0.4) is 0 Å². The van der Waals surface area contributed by atoms with Crippen molar-refractivity contribution in [1.82, 2.24) is 24.8 Å². The molecule has 3 atom stereocenters. The summed E-state index contributed by atoms with van der Waals surface area (Å²) < 4.78 is 36.5. The molecule has 11 nitrogen and oxygen atoms in total. The Morgan fingerprint density at radius 3 is 2.46 bits per heavy atom. The lowest BCUT2D eigenvalue weighted by molar-refractivity contribution is 0.0549. The molecule has 2 aromatic heterocycles. The molecule has 4 bridgehead atoms. The maximum atomic E-state index is 14.6. The first-order chi connectivity index (χ1) is 23.8. The zero-order valence-electron chi connectivity index (χ0n) is 29.4. The summed E-state index contributed by atoms with van der Waals surface area (Å²) in [5, 5.41) is 0. The molecular formula is C38H45N7O4S. The summed E-state index contributed by atoms with van der Waals surface area (Å²) in [7, 11) is -4.17. The van der Waals surface area contributed by atoms with Gasteiger partial charge >= 0.3 is 0 Å². The zero-order chi connectivity index (χ0) is 35.2. The summed E-state index contributed by atoms with van der Waals surface area (Å²) >= 11 is 0. The topological polar surface area (TPSA) is 131 Å². The van der Waals surface area contributed by atoms with Crippen molar-refractivity contribution in [3.63, 3.8) is 0 Å². The van der Waals surface area contributed by atoms with Gasteiger partial charge in [-0.05, 0) is 86.6 Å². The first-order valence-electron chi connectivity index (χ1n) is 17.4. The second-order valence-electron chi connectivity index (χ2n) is 15.1. The van der Waals surface area contributed by atoms with Gasteiger partial charge in [-0.15, -0.1) is 0 Å². The number of nitrogens with zero attached hydrogens (tertiary/aromatic N) is 6. The van der Waals surface area contributed by atoms with E-state index in [-0.39, 0.29) is 46.8 Å². The van der Waals surface area contributed by atoms with Gasteiger partial charge in [-0.2, -0.15) is 4.98 Å². The molecule has 2 aliphatic heterocycles. The smallest absolute Gasteiger partial charge is 0.264 e. The Balaban J connectivity index is 1.31. The number of anilines is 2. The quantitative estimate of drug-likeness (QED) is 0.238. The highest BCUT2D eigenvalue weighted by atomic mass is 32.2. The molecule has 12 heteroatoms. The molecule has 1 amide bonds. The van der Waals surface area contributed by atoms with Crippen LogP contribution < -0.4 is 14.4 Å². The predicted octanol–water partition coefficient (Wildman–Crippen LogP) is 6.57. The third kappa shape index (κ3) is 7.03. The van der Waals surface area contributed by atoms with E-state index in [4.69, 9.17) is 9.72 Å². The average Bonchev–Trinajstić information content (AvgIpc) is 3.35. The molecule has 1 saturated heterocycles. The molecule has 4 heterocycles. The van der Waals surface area contributed by atoms with Crippen molar-refractivity contribution in [2.24, 2.45) is 11.3 Å². The van der Waals surface area contributed by atoms with Crippen molar-refractivity contribution in [2.75, 3.05) is 22.8 Å². The predicted molar refractivity (Wildman–Crippen MR) is 193 cm³/mol. The van der Waals surface area contributed by atoms with Crippen LogP contribution >= 0.6 is 0 Å². The number of hydrogen-bond donors (Lipinski definition) is 1.